The summed E-state index contributed by atoms with van der Waals surface area (Å²) in [6, 6.07) is 16.5. The molecule has 1 aromatic heterocycles. The topological polar surface area (TPSA) is 65.4 Å². The summed E-state index contributed by atoms with van der Waals surface area (Å²) in [4.78, 5) is 12.7. The predicted octanol–water partition coefficient (Wildman–Crippen LogP) is 5.07. The molecule has 0 unspecified atom stereocenters. The van der Waals surface area contributed by atoms with E-state index >= 15 is 0 Å². The van der Waals surface area contributed by atoms with Gasteiger partial charge in [-0.1, -0.05) is 29.8 Å². The third-order valence-corrected chi connectivity index (χ3v) is 7.17. The summed E-state index contributed by atoms with van der Waals surface area (Å²) >= 11 is 6.31. The molecule has 32 heavy (non-hydrogen) atoms. The van der Waals surface area contributed by atoms with Gasteiger partial charge in [0.05, 0.1) is 22.4 Å². The van der Waals surface area contributed by atoms with Crippen molar-refractivity contribution in [3.63, 3.8) is 0 Å². The molecule has 0 radical (unpaired) electrons. The SMILES string of the molecule is CCOc1ccc2c(c1)c(=O)c(S(=O)(=O)c1ccc(F)cc1)cn2Cc1ccccc1Cl. The van der Waals surface area contributed by atoms with Crippen LogP contribution in [0.3, 0.4) is 0 Å². The lowest BCUT2D eigenvalue weighted by Gasteiger charge is -2.16. The van der Waals surface area contributed by atoms with Gasteiger partial charge in [0.25, 0.3) is 0 Å². The third kappa shape index (κ3) is 4.13. The maximum absolute atomic E-state index is 13.3. The van der Waals surface area contributed by atoms with Gasteiger partial charge in [0.2, 0.25) is 15.3 Å². The van der Waals surface area contributed by atoms with Crippen LogP contribution in [0.25, 0.3) is 10.9 Å². The van der Waals surface area contributed by atoms with Crippen LogP contribution in [0, 0.1) is 5.82 Å². The molecule has 0 N–H and O–H groups in total. The van der Waals surface area contributed by atoms with E-state index in [9.17, 15) is 17.6 Å². The normalized spacial score (nSPS) is 11.6. The van der Waals surface area contributed by atoms with E-state index in [1.54, 1.807) is 28.8 Å². The monoisotopic (exact) mass is 471 g/mol. The van der Waals surface area contributed by atoms with Crippen LogP contribution in [0.15, 0.2) is 87.5 Å². The van der Waals surface area contributed by atoms with Gasteiger partial charge in [-0.05, 0) is 61.0 Å². The highest BCUT2D eigenvalue weighted by Crippen LogP contribution is 2.26. The molecule has 164 valence electrons. The maximum Gasteiger partial charge on any atom is 0.211 e. The minimum absolute atomic E-state index is 0.166. The first-order valence-electron chi connectivity index (χ1n) is 9.85. The molecule has 1 heterocycles. The smallest absolute Gasteiger partial charge is 0.211 e. The minimum Gasteiger partial charge on any atom is -0.494 e. The van der Waals surface area contributed by atoms with Crippen molar-refractivity contribution in [1.29, 1.82) is 0 Å². The Hall–Kier alpha value is -3.16. The van der Waals surface area contributed by atoms with Gasteiger partial charge in [-0.25, -0.2) is 12.8 Å². The van der Waals surface area contributed by atoms with Crippen LogP contribution in [0.2, 0.25) is 5.02 Å². The number of aromatic nitrogens is 1. The molecule has 0 aliphatic carbocycles. The molecule has 4 rings (SSSR count). The van der Waals surface area contributed by atoms with Gasteiger partial charge < -0.3 is 9.30 Å². The summed E-state index contributed by atoms with van der Waals surface area (Å²) in [6.07, 6.45) is 1.31. The van der Waals surface area contributed by atoms with Crippen LogP contribution in [0.1, 0.15) is 12.5 Å². The number of benzene rings is 3. The highest BCUT2D eigenvalue weighted by Gasteiger charge is 2.24. The standard InChI is InChI=1S/C24H19ClFNO4S/c1-2-31-18-9-12-22-20(13-18)24(28)23(32(29,30)19-10-7-17(26)8-11-19)15-27(22)14-16-5-3-4-6-21(16)25/h3-13,15H,2,14H2,1H3. The van der Waals surface area contributed by atoms with Crippen LogP contribution < -0.4 is 10.2 Å². The van der Waals surface area contributed by atoms with E-state index in [1.165, 1.54) is 12.3 Å². The average molecular weight is 472 g/mol. The summed E-state index contributed by atoms with van der Waals surface area (Å²) in [5, 5.41) is 0.722. The molecular weight excluding hydrogens is 453 g/mol. The first kappa shape index (κ1) is 22.0. The van der Waals surface area contributed by atoms with Crippen molar-refractivity contribution in [2.45, 2.75) is 23.3 Å². The van der Waals surface area contributed by atoms with Crippen molar-refractivity contribution in [3.05, 3.63) is 99.6 Å². The van der Waals surface area contributed by atoms with Crippen molar-refractivity contribution < 1.29 is 17.5 Å². The number of rotatable bonds is 6. The number of nitrogens with zero attached hydrogens (tertiary/aromatic N) is 1. The van der Waals surface area contributed by atoms with E-state index in [4.69, 9.17) is 16.3 Å². The number of hydrogen-bond donors (Lipinski definition) is 0. The summed E-state index contributed by atoms with van der Waals surface area (Å²) in [5.41, 5.74) is 0.649. The largest absolute Gasteiger partial charge is 0.494 e. The fraction of sp³-hybridized carbons (Fsp3) is 0.125. The van der Waals surface area contributed by atoms with E-state index in [0.29, 0.717) is 22.9 Å². The van der Waals surface area contributed by atoms with Crippen molar-refractivity contribution >= 4 is 32.3 Å². The summed E-state index contributed by atoms with van der Waals surface area (Å²) in [5.74, 6) is -0.113. The number of fused-ring (bicyclic) bond motifs is 1. The zero-order valence-electron chi connectivity index (χ0n) is 17.1. The van der Waals surface area contributed by atoms with E-state index < -0.39 is 26.0 Å². The molecule has 0 spiro atoms. The maximum atomic E-state index is 13.3. The van der Waals surface area contributed by atoms with E-state index in [0.717, 1.165) is 29.8 Å². The average Bonchev–Trinajstić information content (AvgIpc) is 2.77. The highest BCUT2D eigenvalue weighted by atomic mass is 35.5. The Morgan fingerprint density at radius 2 is 1.75 bits per heavy atom. The lowest BCUT2D eigenvalue weighted by molar-refractivity contribution is 0.340. The van der Waals surface area contributed by atoms with Crippen molar-refractivity contribution in [2.24, 2.45) is 0 Å². The zero-order valence-corrected chi connectivity index (χ0v) is 18.7. The molecule has 0 bridgehead atoms. The molecular formula is C24H19ClFNO4S. The van der Waals surface area contributed by atoms with Gasteiger partial charge in [0, 0.05) is 17.8 Å². The number of pyridine rings is 1. The van der Waals surface area contributed by atoms with Crippen molar-refractivity contribution in [2.75, 3.05) is 6.61 Å². The van der Waals surface area contributed by atoms with E-state index in [2.05, 4.69) is 0 Å². The van der Waals surface area contributed by atoms with Crippen molar-refractivity contribution in [3.8, 4) is 5.75 Å². The first-order chi connectivity index (χ1) is 15.3. The van der Waals surface area contributed by atoms with Gasteiger partial charge in [0.15, 0.2) is 0 Å². The van der Waals surface area contributed by atoms with Crippen LogP contribution in [-0.4, -0.2) is 19.6 Å². The lowest BCUT2D eigenvalue weighted by Crippen LogP contribution is -2.20. The third-order valence-electron chi connectivity index (χ3n) is 5.04. The summed E-state index contributed by atoms with van der Waals surface area (Å²) in [7, 11) is -4.20. The molecule has 0 amide bonds. The Labute approximate surface area is 189 Å². The van der Waals surface area contributed by atoms with Gasteiger partial charge >= 0.3 is 0 Å². The summed E-state index contributed by atoms with van der Waals surface area (Å²) < 4.78 is 47.1. The fourth-order valence-corrected chi connectivity index (χ4v) is 5.04. The molecule has 8 heteroatoms. The van der Waals surface area contributed by atoms with Crippen LogP contribution in [0.5, 0.6) is 5.75 Å². The zero-order chi connectivity index (χ0) is 22.9. The second kappa shape index (κ2) is 8.76. The molecule has 0 saturated heterocycles. The Morgan fingerprint density at radius 1 is 1.03 bits per heavy atom. The van der Waals surface area contributed by atoms with Gasteiger partial charge in [-0.3, -0.25) is 4.79 Å². The fourth-order valence-electron chi connectivity index (χ4n) is 3.48. The number of sulfone groups is 1. The quantitative estimate of drug-likeness (QED) is 0.368. The molecule has 5 nitrogen and oxygen atoms in total. The molecule has 3 aromatic carbocycles. The second-order valence-corrected chi connectivity index (χ2v) is 9.44. The van der Waals surface area contributed by atoms with E-state index in [-0.39, 0.29) is 16.8 Å². The second-order valence-electron chi connectivity index (χ2n) is 7.11. The summed E-state index contributed by atoms with van der Waals surface area (Å²) in [6.45, 7) is 2.46. The molecule has 0 aliphatic rings. The lowest BCUT2D eigenvalue weighted by atomic mass is 10.1. The first-order valence-corrected chi connectivity index (χ1v) is 11.7. The Balaban J connectivity index is 1.98. The molecule has 0 aliphatic heterocycles. The van der Waals surface area contributed by atoms with Gasteiger partial charge in [0.1, 0.15) is 16.5 Å². The number of ether oxygens (including phenoxy) is 1. The van der Waals surface area contributed by atoms with Crippen molar-refractivity contribution in [1.82, 2.24) is 4.57 Å². The van der Waals surface area contributed by atoms with Crippen LogP contribution >= 0.6 is 11.6 Å². The predicted molar refractivity (Wildman–Crippen MR) is 122 cm³/mol. The highest BCUT2D eigenvalue weighted by molar-refractivity contribution is 7.91. The molecule has 0 atom stereocenters. The van der Waals surface area contributed by atoms with Crippen LogP contribution in [0.4, 0.5) is 4.39 Å². The Morgan fingerprint density at radius 3 is 2.44 bits per heavy atom. The molecule has 0 saturated carbocycles. The van der Waals surface area contributed by atoms with Gasteiger partial charge in [-0.15, -0.1) is 0 Å². The Bertz CT molecular complexity index is 1460. The van der Waals surface area contributed by atoms with Crippen LogP contribution in [-0.2, 0) is 16.4 Å². The van der Waals surface area contributed by atoms with E-state index in [1.807, 2.05) is 19.1 Å². The molecule has 4 aromatic rings. The number of halogens is 2. The minimum atomic E-state index is -4.20. The number of hydrogen-bond acceptors (Lipinski definition) is 4. The Kier molecular flexibility index (Phi) is 6.04. The molecule has 0 fully saturated rings. The van der Waals surface area contributed by atoms with Gasteiger partial charge in [-0.2, -0.15) is 0 Å².